The third-order valence-electron chi connectivity index (χ3n) is 2.50. The van der Waals surface area contributed by atoms with E-state index in [1.165, 1.54) is 0 Å². The number of rotatable bonds is 4. The lowest BCUT2D eigenvalue weighted by Crippen LogP contribution is -2.32. The first-order valence-corrected chi connectivity index (χ1v) is 7.81. The summed E-state index contributed by atoms with van der Waals surface area (Å²) in [5.74, 6) is -1.06. The van der Waals surface area contributed by atoms with Gasteiger partial charge in [-0.1, -0.05) is 21.1 Å². The monoisotopic (exact) mass is 466 g/mol. The van der Waals surface area contributed by atoms with Gasteiger partial charge in [-0.05, 0) is 44.0 Å². The lowest BCUT2D eigenvalue weighted by atomic mass is 10.2. The lowest BCUT2D eigenvalue weighted by Gasteiger charge is -2.07. The Kier molecular flexibility index (Phi) is 4.95. The Morgan fingerprint density at radius 2 is 1.95 bits per heavy atom. The van der Waals surface area contributed by atoms with E-state index in [1.54, 1.807) is 10.9 Å². The maximum absolute atomic E-state index is 10.7. The van der Waals surface area contributed by atoms with Crippen molar-refractivity contribution in [3.05, 3.63) is 37.4 Å². The van der Waals surface area contributed by atoms with Crippen molar-refractivity contribution in [3.63, 3.8) is 0 Å². The van der Waals surface area contributed by atoms with Gasteiger partial charge in [-0.3, -0.25) is 4.79 Å². The molecule has 1 aromatic heterocycles. The van der Waals surface area contributed by atoms with Crippen LogP contribution in [0.4, 0.5) is 0 Å². The molecule has 20 heavy (non-hydrogen) atoms. The number of carboxylic acids is 1. The van der Waals surface area contributed by atoms with Crippen molar-refractivity contribution in [2.75, 3.05) is 0 Å². The van der Waals surface area contributed by atoms with Gasteiger partial charge in [0.2, 0.25) is 0 Å². The van der Waals surface area contributed by atoms with Gasteiger partial charge in [-0.15, -0.1) is 5.10 Å². The number of benzene rings is 1. The Morgan fingerprint density at radius 3 is 2.50 bits per heavy atom. The average molecular weight is 469 g/mol. The van der Waals surface area contributed by atoms with Crippen molar-refractivity contribution >= 4 is 53.8 Å². The molecule has 0 saturated carbocycles. The van der Waals surface area contributed by atoms with Crippen LogP contribution >= 0.6 is 47.8 Å². The summed E-state index contributed by atoms with van der Waals surface area (Å²) in [6, 6.07) is 2.77. The number of nitrogens with two attached hydrogens (primary N) is 1. The number of carboxylic acid groups (broad SMARTS) is 1. The first-order valence-electron chi connectivity index (χ1n) is 5.43. The fourth-order valence-electron chi connectivity index (χ4n) is 1.57. The van der Waals surface area contributed by atoms with Gasteiger partial charge < -0.3 is 10.8 Å². The molecule has 0 bridgehead atoms. The van der Waals surface area contributed by atoms with Crippen molar-refractivity contribution in [2.45, 2.75) is 12.5 Å². The van der Waals surface area contributed by atoms with Crippen LogP contribution in [0.2, 0.25) is 0 Å². The fourth-order valence-corrected chi connectivity index (χ4v) is 4.19. The molecular formula is C11H9Br3N4O2. The number of aliphatic carboxylic acids is 1. The fraction of sp³-hybridized carbons (Fsp3) is 0.182. The van der Waals surface area contributed by atoms with Gasteiger partial charge >= 0.3 is 5.97 Å². The molecule has 0 aliphatic carbocycles. The molecule has 6 nitrogen and oxygen atoms in total. The molecule has 0 spiro atoms. The molecule has 2 aromatic rings. The third kappa shape index (κ3) is 3.46. The summed E-state index contributed by atoms with van der Waals surface area (Å²) in [6.07, 6.45) is 1.78. The summed E-state index contributed by atoms with van der Waals surface area (Å²) >= 11 is 10.3. The van der Waals surface area contributed by atoms with Crippen molar-refractivity contribution in [1.82, 2.24) is 15.0 Å². The lowest BCUT2D eigenvalue weighted by molar-refractivity contribution is -0.138. The molecule has 106 valence electrons. The van der Waals surface area contributed by atoms with Crippen LogP contribution in [-0.4, -0.2) is 32.1 Å². The molecule has 0 aliphatic rings. The minimum atomic E-state index is -1.06. The molecule has 3 N–H and O–H groups in total. The highest BCUT2D eigenvalue weighted by atomic mass is 79.9. The topological polar surface area (TPSA) is 94.0 Å². The predicted octanol–water partition coefficient (Wildman–Crippen LogP) is 2.51. The van der Waals surface area contributed by atoms with Crippen molar-refractivity contribution in [2.24, 2.45) is 5.73 Å². The maximum Gasteiger partial charge on any atom is 0.320 e. The number of hydrogen-bond acceptors (Lipinski definition) is 4. The summed E-state index contributed by atoms with van der Waals surface area (Å²) in [5.41, 5.74) is 6.76. The molecule has 0 radical (unpaired) electrons. The summed E-state index contributed by atoms with van der Waals surface area (Å²) in [5, 5.41) is 16.7. The van der Waals surface area contributed by atoms with Gasteiger partial charge in [-0.25, -0.2) is 4.68 Å². The van der Waals surface area contributed by atoms with Gasteiger partial charge in [0.25, 0.3) is 0 Å². The molecule has 9 heteroatoms. The number of carbonyl (C=O) groups is 1. The summed E-state index contributed by atoms with van der Waals surface area (Å²) < 4.78 is 4.11. The molecule has 1 unspecified atom stereocenters. The van der Waals surface area contributed by atoms with Crippen LogP contribution in [0.5, 0.6) is 0 Å². The van der Waals surface area contributed by atoms with Gasteiger partial charge in [0.1, 0.15) is 6.04 Å². The summed E-state index contributed by atoms with van der Waals surface area (Å²) in [6.45, 7) is 0. The Labute approximate surface area is 139 Å². The SMILES string of the molecule is NC(Cc1cn(-c2c(Br)cc(Br)cc2Br)nn1)C(=O)O. The standard InChI is InChI=1S/C11H9Br3N4O2/c12-5-1-7(13)10(8(14)2-5)18-4-6(16-17-18)3-9(15)11(19)20/h1-2,4,9H,3,15H2,(H,19,20). The van der Waals surface area contributed by atoms with Crippen molar-refractivity contribution < 1.29 is 9.90 Å². The van der Waals surface area contributed by atoms with E-state index in [0.29, 0.717) is 5.69 Å². The molecule has 1 aromatic carbocycles. The summed E-state index contributed by atoms with van der Waals surface area (Å²) in [4.78, 5) is 10.7. The van der Waals surface area contributed by atoms with Gasteiger partial charge in [0.15, 0.2) is 0 Å². The second-order valence-electron chi connectivity index (χ2n) is 4.02. The van der Waals surface area contributed by atoms with Crippen LogP contribution in [0.3, 0.4) is 0 Å². The van der Waals surface area contributed by atoms with E-state index in [4.69, 9.17) is 10.8 Å². The average Bonchev–Trinajstić information content (AvgIpc) is 2.75. The van der Waals surface area contributed by atoms with E-state index in [-0.39, 0.29) is 6.42 Å². The number of nitrogens with zero attached hydrogens (tertiary/aromatic N) is 3. The largest absolute Gasteiger partial charge is 0.480 e. The molecule has 1 heterocycles. The Balaban J connectivity index is 2.32. The molecule has 0 fully saturated rings. The van der Waals surface area contributed by atoms with E-state index >= 15 is 0 Å². The van der Waals surface area contributed by atoms with Crippen molar-refractivity contribution in [3.8, 4) is 5.69 Å². The van der Waals surface area contributed by atoms with E-state index in [9.17, 15) is 4.79 Å². The minimum absolute atomic E-state index is 0.126. The second-order valence-corrected chi connectivity index (χ2v) is 6.65. The first-order chi connectivity index (χ1) is 9.38. The predicted molar refractivity (Wildman–Crippen MR) is 83.8 cm³/mol. The number of hydrogen-bond donors (Lipinski definition) is 2. The molecule has 1 atom stereocenters. The van der Waals surface area contributed by atoms with Crippen LogP contribution in [-0.2, 0) is 11.2 Å². The molecule has 2 rings (SSSR count). The normalized spacial score (nSPS) is 12.4. The highest BCUT2D eigenvalue weighted by molar-refractivity contribution is 9.11. The van der Waals surface area contributed by atoms with Crippen LogP contribution in [0.15, 0.2) is 31.7 Å². The quantitative estimate of drug-likeness (QED) is 0.719. The van der Waals surface area contributed by atoms with E-state index in [1.807, 2.05) is 12.1 Å². The Hall–Kier alpha value is -0.770. The molecular weight excluding hydrogens is 460 g/mol. The molecule has 0 aliphatic heterocycles. The Morgan fingerprint density at radius 1 is 1.35 bits per heavy atom. The van der Waals surface area contributed by atoms with Crippen LogP contribution in [0.25, 0.3) is 5.69 Å². The van der Waals surface area contributed by atoms with Crippen LogP contribution in [0, 0.1) is 0 Å². The maximum atomic E-state index is 10.7. The highest BCUT2D eigenvalue weighted by Gasteiger charge is 2.16. The zero-order chi connectivity index (χ0) is 14.9. The third-order valence-corrected chi connectivity index (χ3v) is 4.16. The van der Waals surface area contributed by atoms with E-state index in [0.717, 1.165) is 19.1 Å². The zero-order valence-corrected chi connectivity index (χ0v) is 14.7. The van der Waals surface area contributed by atoms with E-state index < -0.39 is 12.0 Å². The smallest absolute Gasteiger partial charge is 0.320 e. The van der Waals surface area contributed by atoms with E-state index in [2.05, 4.69) is 58.1 Å². The van der Waals surface area contributed by atoms with Gasteiger partial charge in [-0.2, -0.15) is 0 Å². The van der Waals surface area contributed by atoms with Gasteiger partial charge in [0, 0.05) is 19.8 Å². The molecule has 0 saturated heterocycles. The number of aromatic nitrogens is 3. The van der Waals surface area contributed by atoms with Crippen LogP contribution < -0.4 is 5.73 Å². The molecule has 0 amide bonds. The second kappa shape index (κ2) is 6.33. The Bertz CT molecular complexity index is 636. The van der Waals surface area contributed by atoms with Crippen molar-refractivity contribution in [1.29, 1.82) is 0 Å². The highest BCUT2D eigenvalue weighted by Crippen LogP contribution is 2.32. The minimum Gasteiger partial charge on any atom is -0.480 e. The number of halogens is 3. The van der Waals surface area contributed by atoms with Gasteiger partial charge in [0.05, 0.1) is 17.6 Å². The zero-order valence-electron chi connectivity index (χ0n) is 9.92. The van der Waals surface area contributed by atoms with Crippen LogP contribution in [0.1, 0.15) is 5.69 Å². The first kappa shape index (κ1) is 15.6. The summed E-state index contributed by atoms with van der Waals surface area (Å²) in [7, 11) is 0.